The number of esters is 1. The van der Waals surface area contributed by atoms with Crippen molar-refractivity contribution in [2.45, 2.75) is 4.90 Å². The van der Waals surface area contributed by atoms with Crippen LogP contribution in [0, 0.1) is 5.82 Å². The van der Waals surface area contributed by atoms with E-state index in [0.717, 1.165) is 6.07 Å². The Morgan fingerprint density at radius 2 is 2.23 bits per heavy atom. The molecule has 0 heterocycles. The summed E-state index contributed by atoms with van der Waals surface area (Å²) >= 11 is 9.51. The molecule has 2 nitrogen and oxygen atoms in total. The van der Waals surface area contributed by atoms with Gasteiger partial charge in [0.25, 0.3) is 0 Å². The predicted octanol–water partition coefficient (Wildman–Crippen LogP) is 2.55. The minimum Gasteiger partial charge on any atom is -0.465 e. The molecule has 0 saturated carbocycles. The number of thiol groups is 1. The van der Waals surface area contributed by atoms with Gasteiger partial charge in [0, 0.05) is 4.90 Å². The zero-order valence-corrected chi connectivity index (χ0v) is 8.32. The van der Waals surface area contributed by atoms with Crippen molar-refractivity contribution >= 4 is 30.2 Å². The molecule has 0 unspecified atom stereocenters. The Hall–Kier alpha value is -0.740. The van der Waals surface area contributed by atoms with Crippen LogP contribution in [0.15, 0.2) is 17.0 Å². The van der Waals surface area contributed by atoms with E-state index < -0.39 is 11.8 Å². The van der Waals surface area contributed by atoms with E-state index >= 15 is 0 Å². The summed E-state index contributed by atoms with van der Waals surface area (Å²) in [6.45, 7) is 0. The van der Waals surface area contributed by atoms with E-state index in [0.29, 0.717) is 4.90 Å². The van der Waals surface area contributed by atoms with Crippen LogP contribution in [0.1, 0.15) is 10.4 Å². The lowest BCUT2D eigenvalue weighted by Gasteiger charge is -2.03. The van der Waals surface area contributed by atoms with E-state index in [1.54, 1.807) is 0 Å². The molecule has 5 heteroatoms. The number of halogens is 2. The molecular weight excluding hydrogens is 215 g/mol. The molecule has 0 saturated heterocycles. The van der Waals surface area contributed by atoms with Gasteiger partial charge in [-0.2, -0.15) is 0 Å². The highest BCUT2D eigenvalue weighted by Gasteiger charge is 2.13. The number of hydrogen-bond donors (Lipinski definition) is 1. The van der Waals surface area contributed by atoms with Crippen molar-refractivity contribution < 1.29 is 13.9 Å². The lowest BCUT2D eigenvalue weighted by molar-refractivity contribution is 0.0595. The SMILES string of the molecule is COC(=O)c1cc(S)c(Cl)cc1F. The molecule has 70 valence electrons. The molecule has 1 rings (SSSR count). The van der Waals surface area contributed by atoms with Gasteiger partial charge >= 0.3 is 5.97 Å². The number of methoxy groups -OCH3 is 1. The summed E-state index contributed by atoms with van der Waals surface area (Å²) in [6.07, 6.45) is 0. The average Bonchev–Trinajstić information content (AvgIpc) is 2.10. The molecule has 0 fully saturated rings. The maximum absolute atomic E-state index is 13.0. The number of rotatable bonds is 1. The van der Waals surface area contributed by atoms with Crippen LogP contribution in [0.2, 0.25) is 5.02 Å². The number of benzene rings is 1. The van der Waals surface area contributed by atoms with Crippen molar-refractivity contribution in [3.63, 3.8) is 0 Å². The van der Waals surface area contributed by atoms with Crippen molar-refractivity contribution in [1.82, 2.24) is 0 Å². The summed E-state index contributed by atoms with van der Waals surface area (Å²) in [6, 6.07) is 2.25. The normalized spacial score (nSPS) is 9.85. The lowest BCUT2D eigenvalue weighted by Crippen LogP contribution is -2.04. The second kappa shape index (κ2) is 3.98. The van der Waals surface area contributed by atoms with Crippen molar-refractivity contribution in [3.05, 3.63) is 28.5 Å². The first-order chi connectivity index (χ1) is 6.06. The van der Waals surface area contributed by atoms with Crippen LogP contribution < -0.4 is 0 Å². The quantitative estimate of drug-likeness (QED) is 0.582. The van der Waals surface area contributed by atoms with Crippen LogP contribution in [0.4, 0.5) is 4.39 Å². The van der Waals surface area contributed by atoms with Crippen molar-refractivity contribution in [3.8, 4) is 0 Å². The van der Waals surface area contributed by atoms with Crippen LogP contribution >= 0.6 is 24.2 Å². The molecule has 0 aliphatic heterocycles. The van der Waals surface area contributed by atoms with E-state index in [9.17, 15) is 9.18 Å². The molecule has 13 heavy (non-hydrogen) atoms. The second-order valence-electron chi connectivity index (χ2n) is 2.28. The minimum absolute atomic E-state index is 0.161. The predicted molar refractivity (Wildman–Crippen MR) is 50.0 cm³/mol. The van der Waals surface area contributed by atoms with Gasteiger partial charge < -0.3 is 4.74 Å². The fraction of sp³-hybridized carbons (Fsp3) is 0.125. The summed E-state index contributed by atoms with van der Waals surface area (Å²) < 4.78 is 17.4. The number of hydrogen-bond acceptors (Lipinski definition) is 3. The molecule has 0 aromatic heterocycles. The first kappa shape index (κ1) is 10.3. The third-order valence-corrected chi connectivity index (χ3v) is 2.26. The van der Waals surface area contributed by atoms with E-state index in [-0.39, 0.29) is 10.6 Å². The molecular formula is C8H6ClFO2S. The number of carbonyl (C=O) groups excluding carboxylic acids is 1. The van der Waals surface area contributed by atoms with Gasteiger partial charge in [0.15, 0.2) is 0 Å². The Morgan fingerprint density at radius 1 is 1.62 bits per heavy atom. The van der Waals surface area contributed by atoms with Gasteiger partial charge in [-0.3, -0.25) is 0 Å². The fourth-order valence-corrected chi connectivity index (χ4v) is 1.15. The Kier molecular flexibility index (Phi) is 3.17. The zero-order valence-electron chi connectivity index (χ0n) is 6.67. The van der Waals surface area contributed by atoms with Crippen molar-refractivity contribution in [2.75, 3.05) is 7.11 Å². The monoisotopic (exact) mass is 220 g/mol. The second-order valence-corrected chi connectivity index (χ2v) is 3.16. The van der Waals surface area contributed by atoms with Crippen molar-refractivity contribution in [1.29, 1.82) is 0 Å². The van der Waals surface area contributed by atoms with Gasteiger partial charge in [0.2, 0.25) is 0 Å². The molecule has 0 spiro atoms. The molecule has 0 atom stereocenters. The maximum atomic E-state index is 13.0. The highest BCUT2D eigenvalue weighted by molar-refractivity contribution is 7.80. The van der Waals surface area contributed by atoms with E-state index in [1.165, 1.54) is 13.2 Å². The Bertz CT molecular complexity index is 354. The van der Waals surface area contributed by atoms with Gasteiger partial charge in [0.1, 0.15) is 5.82 Å². The summed E-state index contributed by atoms with van der Waals surface area (Å²) in [5.41, 5.74) is -0.170. The van der Waals surface area contributed by atoms with Gasteiger partial charge in [0.05, 0.1) is 17.7 Å². The molecule has 0 radical (unpaired) electrons. The minimum atomic E-state index is -0.746. The molecule has 0 bridgehead atoms. The third kappa shape index (κ3) is 2.14. The van der Waals surface area contributed by atoms with Crippen LogP contribution in [0.3, 0.4) is 0 Å². The summed E-state index contributed by atoms with van der Waals surface area (Å²) in [7, 11) is 1.18. The fourth-order valence-electron chi connectivity index (χ4n) is 0.804. The largest absolute Gasteiger partial charge is 0.465 e. The molecule has 1 aromatic rings. The van der Waals surface area contributed by atoms with E-state index in [4.69, 9.17) is 11.6 Å². The highest BCUT2D eigenvalue weighted by atomic mass is 35.5. The zero-order chi connectivity index (χ0) is 10.0. The average molecular weight is 221 g/mol. The topological polar surface area (TPSA) is 26.3 Å². The van der Waals surface area contributed by atoms with Crippen LogP contribution in [-0.2, 0) is 4.74 Å². The maximum Gasteiger partial charge on any atom is 0.340 e. The van der Waals surface area contributed by atoms with Gasteiger partial charge in [-0.1, -0.05) is 11.6 Å². The standard InChI is InChI=1S/C8H6ClFO2S/c1-12-8(11)4-2-7(13)5(9)3-6(4)10/h2-3,13H,1H3. The smallest absolute Gasteiger partial charge is 0.340 e. The van der Waals surface area contributed by atoms with E-state index in [1.807, 2.05) is 0 Å². The van der Waals surface area contributed by atoms with Crippen LogP contribution in [0.5, 0.6) is 0 Å². The Morgan fingerprint density at radius 3 is 2.77 bits per heavy atom. The Labute approximate surface area is 85.1 Å². The molecule has 0 amide bonds. The highest BCUT2D eigenvalue weighted by Crippen LogP contribution is 2.23. The van der Waals surface area contributed by atoms with Gasteiger partial charge in [-0.25, -0.2) is 9.18 Å². The number of carbonyl (C=O) groups is 1. The first-order valence-corrected chi connectivity index (χ1v) is 4.15. The summed E-state index contributed by atoms with van der Waals surface area (Å²) in [5, 5.41) is 0.161. The lowest BCUT2D eigenvalue weighted by atomic mass is 10.2. The first-order valence-electron chi connectivity index (χ1n) is 3.32. The van der Waals surface area contributed by atoms with Crippen LogP contribution in [-0.4, -0.2) is 13.1 Å². The van der Waals surface area contributed by atoms with Gasteiger partial charge in [-0.05, 0) is 12.1 Å². The number of ether oxygens (including phenoxy) is 1. The van der Waals surface area contributed by atoms with E-state index in [2.05, 4.69) is 17.4 Å². The molecule has 1 aromatic carbocycles. The Balaban J connectivity index is 3.23. The van der Waals surface area contributed by atoms with Gasteiger partial charge in [-0.15, -0.1) is 12.6 Å². The molecule has 0 N–H and O–H groups in total. The van der Waals surface area contributed by atoms with Crippen molar-refractivity contribution in [2.24, 2.45) is 0 Å². The summed E-state index contributed by atoms with van der Waals surface area (Å²) in [5.74, 6) is -1.46. The van der Waals surface area contributed by atoms with Crippen LogP contribution in [0.25, 0.3) is 0 Å². The molecule has 0 aliphatic carbocycles. The summed E-state index contributed by atoms with van der Waals surface area (Å²) in [4.78, 5) is 11.3. The third-order valence-electron chi connectivity index (χ3n) is 1.44. The molecule has 0 aliphatic rings.